The van der Waals surface area contributed by atoms with Gasteiger partial charge in [-0.15, -0.1) is 0 Å². The molecule has 0 spiro atoms. The Morgan fingerprint density at radius 3 is 2.55 bits per heavy atom. The Hall–Kier alpha value is -3.50. The van der Waals surface area contributed by atoms with Gasteiger partial charge in [-0.05, 0) is 56.3 Å². The number of halogens is 2. The molecule has 3 aromatic rings. The van der Waals surface area contributed by atoms with Crippen LogP contribution >= 0.6 is 0 Å². The van der Waals surface area contributed by atoms with Gasteiger partial charge in [0.05, 0.1) is 18.4 Å². The molecule has 0 aliphatic carbocycles. The number of benzene rings is 2. The summed E-state index contributed by atoms with van der Waals surface area (Å²) >= 11 is 0. The van der Waals surface area contributed by atoms with Crippen molar-refractivity contribution in [1.29, 1.82) is 0 Å². The maximum Gasteiger partial charge on any atom is 0.227 e. The van der Waals surface area contributed by atoms with Crippen LogP contribution < -0.4 is 25.2 Å². The normalized spacial score (nSPS) is 17.4. The summed E-state index contributed by atoms with van der Waals surface area (Å²) in [4.78, 5) is 15.5. The Labute approximate surface area is 221 Å². The van der Waals surface area contributed by atoms with E-state index in [1.165, 1.54) is 22.9 Å². The third kappa shape index (κ3) is 4.52. The first-order chi connectivity index (χ1) is 18.4. The highest BCUT2D eigenvalue weighted by molar-refractivity contribution is 5.74. The molecule has 10 heteroatoms. The lowest BCUT2D eigenvalue weighted by Gasteiger charge is -2.35. The van der Waals surface area contributed by atoms with Crippen molar-refractivity contribution in [2.75, 3.05) is 61.5 Å². The largest absolute Gasteiger partial charge is 0.486 e. The van der Waals surface area contributed by atoms with Crippen molar-refractivity contribution in [2.45, 2.75) is 33.0 Å². The summed E-state index contributed by atoms with van der Waals surface area (Å²) in [6, 6.07) is 7.36. The maximum absolute atomic E-state index is 15.0. The number of fused-ring (bicyclic) bond motifs is 2. The Bertz CT molecular complexity index is 1360. The van der Waals surface area contributed by atoms with Gasteiger partial charge in [-0.2, -0.15) is 0 Å². The minimum Gasteiger partial charge on any atom is -0.486 e. The van der Waals surface area contributed by atoms with Gasteiger partial charge in [0.1, 0.15) is 12.3 Å². The molecule has 0 unspecified atom stereocenters. The van der Waals surface area contributed by atoms with Crippen LogP contribution in [-0.4, -0.2) is 67.3 Å². The van der Waals surface area contributed by atoms with E-state index in [2.05, 4.69) is 48.4 Å². The van der Waals surface area contributed by atoms with E-state index in [0.717, 1.165) is 51.2 Å². The lowest BCUT2D eigenvalue weighted by Crippen LogP contribution is -2.44. The van der Waals surface area contributed by atoms with E-state index in [1.54, 1.807) is 6.07 Å². The molecule has 38 heavy (non-hydrogen) atoms. The van der Waals surface area contributed by atoms with Crippen LogP contribution in [0.15, 0.2) is 30.5 Å². The second-order valence-corrected chi connectivity index (χ2v) is 10.4. The van der Waals surface area contributed by atoms with E-state index in [1.807, 2.05) is 19.9 Å². The van der Waals surface area contributed by atoms with Gasteiger partial charge >= 0.3 is 0 Å². The van der Waals surface area contributed by atoms with Crippen LogP contribution in [0.3, 0.4) is 0 Å². The fourth-order valence-corrected chi connectivity index (χ4v) is 5.58. The molecule has 2 N–H and O–H groups in total. The van der Waals surface area contributed by atoms with Gasteiger partial charge in [0.2, 0.25) is 5.95 Å². The van der Waals surface area contributed by atoms with Gasteiger partial charge in [-0.1, -0.05) is 0 Å². The second kappa shape index (κ2) is 9.99. The van der Waals surface area contributed by atoms with Gasteiger partial charge < -0.3 is 30.1 Å². The highest BCUT2D eigenvalue weighted by Gasteiger charge is 2.27. The van der Waals surface area contributed by atoms with Gasteiger partial charge in [0.25, 0.3) is 0 Å². The van der Waals surface area contributed by atoms with Gasteiger partial charge in [-0.3, -0.25) is 0 Å². The number of nitrogens with one attached hydrogen (secondary N) is 2. The topological polar surface area (TPSA) is 68.8 Å². The summed E-state index contributed by atoms with van der Waals surface area (Å²) in [5.41, 5.74) is 5.58. The third-order valence-corrected chi connectivity index (χ3v) is 7.65. The van der Waals surface area contributed by atoms with Gasteiger partial charge in [-0.25, -0.2) is 18.7 Å². The summed E-state index contributed by atoms with van der Waals surface area (Å²) in [6.45, 7) is 10.7. The van der Waals surface area contributed by atoms with E-state index >= 15 is 4.39 Å². The zero-order chi connectivity index (χ0) is 26.4. The van der Waals surface area contributed by atoms with E-state index in [-0.39, 0.29) is 23.4 Å². The zero-order valence-corrected chi connectivity index (χ0v) is 22.0. The molecule has 0 bridgehead atoms. The molecule has 8 nitrogen and oxygen atoms in total. The van der Waals surface area contributed by atoms with E-state index in [9.17, 15) is 4.39 Å². The Balaban J connectivity index is 1.32. The quantitative estimate of drug-likeness (QED) is 0.520. The molecule has 2 aromatic carbocycles. The van der Waals surface area contributed by atoms with E-state index in [0.29, 0.717) is 24.4 Å². The number of hydrogen-bond donors (Lipinski definition) is 2. The number of rotatable bonds is 5. The molecule has 6 rings (SSSR count). The van der Waals surface area contributed by atoms with Crippen LogP contribution in [0.25, 0.3) is 11.3 Å². The minimum absolute atomic E-state index is 0.0438. The maximum atomic E-state index is 15.0. The lowest BCUT2D eigenvalue weighted by molar-refractivity contribution is 0.287. The van der Waals surface area contributed by atoms with Gasteiger partial charge in [0.15, 0.2) is 17.4 Å². The van der Waals surface area contributed by atoms with Crippen LogP contribution in [0.4, 0.5) is 31.8 Å². The molecule has 0 amide bonds. The number of anilines is 4. The van der Waals surface area contributed by atoms with Crippen molar-refractivity contribution < 1.29 is 13.5 Å². The Kier molecular flexibility index (Phi) is 6.53. The van der Waals surface area contributed by atoms with Gasteiger partial charge in [0, 0.05) is 62.2 Å². The molecule has 1 fully saturated rings. The van der Waals surface area contributed by atoms with Crippen LogP contribution in [0, 0.1) is 11.6 Å². The summed E-state index contributed by atoms with van der Waals surface area (Å²) in [7, 11) is 2.15. The van der Waals surface area contributed by atoms with Crippen molar-refractivity contribution in [3.05, 3.63) is 53.2 Å². The lowest BCUT2D eigenvalue weighted by atomic mass is 10.0. The number of piperazine rings is 1. The average molecular weight is 522 g/mol. The van der Waals surface area contributed by atoms with Crippen molar-refractivity contribution in [1.82, 2.24) is 20.2 Å². The highest BCUT2D eigenvalue weighted by Crippen LogP contribution is 2.40. The first-order valence-electron chi connectivity index (χ1n) is 13.2. The number of likely N-dealkylation sites (N-methyl/N-ethyl adjacent to an activating group) is 1. The summed E-state index contributed by atoms with van der Waals surface area (Å²) in [5.74, 6) is -0.679. The van der Waals surface area contributed by atoms with E-state index < -0.39 is 11.6 Å². The van der Waals surface area contributed by atoms with E-state index in [4.69, 9.17) is 4.74 Å². The summed E-state index contributed by atoms with van der Waals surface area (Å²) < 4.78 is 35.6. The number of aromatic nitrogens is 2. The fraction of sp³-hybridized carbons (Fsp3) is 0.429. The fourth-order valence-electron chi connectivity index (χ4n) is 5.58. The molecule has 0 saturated carbocycles. The third-order valence-electron chi connectivity index (χ3n) is 7.65. The molecule has 1 aromatic heterocycles. The number of hydrogen-bond acceptors (Lipinski definition) is 8. The van der Waals surface area contributed by atoms with Crippen molar-refractivity contribution in [3.63, 3.8) is 0 Å². The SMILES string of the molecule is CC(C)N1CCOc2c(F)cc(-c3nc(Nc4ccc(N5CCN(C)CC5)c5c4CNC5)ncc3F)cc21. The van der Waals surface area contributed by atoms with Crippen LogP contribution in [0.2, 0.25) is 0 Å². The molecule has 3 aliphatic heterocycles. The Morgan fingerprint density at radius 1 is 0.974 bits per heavy atom. The van der Waals surface area contributed by atoms with Crippen LogP contribution in [0.1, 0.15) is 25.0 Å². The zero-order valence-electron chi connectivity index (χ0n) is 22.0. The molecule has 1 saturated heterocycles. The van der Waals surface area contributed by atoms with Crippen LogP contribution in [0.5, 0.6) is 5.75 Å². The van der Waals surface area contributed by atoms with Crippen molar-refractivity contribution >= 4 is 23.0 Å². The molecular formula is C28H33F2N7O. The molecular weight excluding hydrogens is 488 g/mol. The number of nitrogens with zero attached hydrogens (tertiary/aromatic N) is 5. The average Bonchev–Trinajstić information content (AvgIpc) is 3.41. The molecule has 0 radical (unpaired) electrons. The van der Waals surface area contributed by atoms with Crippen LogP contribution in [-0.2, 0) is 13.1 Å². The minimum atomic E-state index is -0.611. The molecule has 0 atom stereocenters. The summed E-state index contributed by atoms with van der Waals surface area (Å²) in [6.07, 6.45) is 1.13. The van der Waals surface area contributed by atoms with Crippen molar-refractivity contribution in [2.24, 2.45) is 0 Å². The summed E-state index contributed by atoms with van der Waals surface area (Å²) in [5, 5.41) is 6.76. The molecule has 4 heterocycles. The first-order valence-corrected chi connectivity index (χ1v) is 13.2. The standard InChI is InChI=1S/C28H33F2N7O/c1-17(2)37-10-11-38-27-21(29)12-18(13-25(27)37)26-22(30)16-32-28(34-26)33-23-4-5-24(20-15-31-14-19(20)23)36-8-6-35(3)7-9-36/h4-5,12-13,16-17,31H,6-11,14-15H2,1-3H3,(H,32,33,34). The van der Waals surface area contributed by atoms with Crippen molar-refractivity contribution in [3.8, 4) is 17.0 Å². The Morgan fingerprint density at radius 2 is 1.76 bits per heavy atom. The monoisotopic (exact) mass is 521 g/mol. The highest BCUT2D eigenvalue weighted by atomic mass is 19.1. The molecule has 3 aliphatic rings. The smallest absolute Gasteiger partial charge is 0.227 e. The molecule has 200 valence electrons. The first kappa shape index (κ1) is 24.8. The predicted octanol–water partition coefficient (Wildman–Crippen LogP) is 4.13. The predicted molar refractivity (Wildman–Crippen MR) is 145 cm³/mol. The second-order valence-electron chi connectivity index (χ2n) is 10.4. The number of ether oxygens (including phenoxy) is 1.